The fourth-order valence-electron chi connectivity index (χ4n) is 3.96. The lowest BCUT2D eigenvalue weighted by atomic mass is 9.79. The van der Waals surface area contributed by atoms with E-state index in [0.29, 0.717) is 5.92 Å². The third-order valence-corrected chi connectivity index (χ3v) is 6.16. The summed E-state index contributed by atoms with van der Waals surface area (Å²) in [7, 11) is 0. The number of piperidine rings is 1. The molecule has 1 N–H and O–H groups in total. The lowest BCUT2D eigenvalue weighted by molar-refractivity contribution is 0.0317. The zero-order valence-corrected chi connectivity index (χ0v) is 15.2. The summed E-state index contributed by atoms with van der Waals surface area (Å²) in [6, 6.07) is 10.8. The van der Waals surface area contributed by atoms with Crippen LogP contribution in [0, 0.1) is 5.92 Å². The molecule has 3 nitrogen and oxygen atoms in total. The molecule has 0 saturated carbocycles. The molecule has 1 fully saturated rings. The first-order valence-electron chi connectivity index (χ1n) is 8.71. The van der Waals surface area contributed by atoms with Gasteiger partial charge in [0.25, 0.3) is 0 Å². The average Bonchev–Trinajstić information content (AvgIpc) is 2.99. The van der Waals surface area contributed by atoms with Crippen molar-refractivity contribution in [2.75, 3.05) is 19.3 Å². The second kappa shape index (κ2) is 6.41. The quantitative estimate of drug-likeness (QED) is 0.851. The van der Waals surface area contributed by atoms with E-state index in [-0.39, 0.29) is 5.60 Å². The lowest BCUT2D eigenvalue weighted by Gasteiger charge is -2.36. The van der Waals surface area contributed by atoms with Gasteiger partial charge in [-0.15, -0.1) is 11.8 Å². The Hall–Kier alpha value is -1.52. The highest BCUT2D eigenvalue weighted by Gasteiger charge is 2.42. The molecule has 1 unspecified atom stereocenters. The first-order valence-corrected chi connectivity index (χ1v) is 9.93. The number of nitrogens with one attached hydrogen (secondary N) is 1. The molecule has 126 valence electrons. The molecule has 0 aliphatic carbocycles. The summed E-state index contributed by atoms with van der Waals surface area (Å²) < 4.78 is 6.37. The number of aromatic nitrogens is 1. The summed E-state index contributed by atoms with van der Waals surface area (Å²) in [6.45, 7) is 4.48. The molecule has 2 aliphatic rings. The molecule has 0 bridgehead atoms. The van der Waals surface area contributed by atoms with Gasteiger partial charge < -0.3 is 10.1 Å². The van der Waals surface area contributed by atoms with Crippen LogP contribution >= 0.6 is 11.8 Å². The number of ether oxygens (including phenoxy) is 1. The summed E-state index contributed by atoms with van der Waals surface area (Å²) in [5, 5.41) is 3.45. The average molecular weight is 340 g/mol. The van der Waals surface area contributed by atoms with Gasteiger partial charge in [0.15, 0.2) is 0 Å². The predicted molar refractivity (Wildman–Crippen MR) is 99.8 cm³/mol. The van der Waals surface area contributed by atoms with Crippen LogP contribution in [0.15, 0.2) is 41.4 Å². The van der Waals surface area contributed by atoms with Crippen molar-refractivity contribution in [3.63, 3.8) is 0 Å². The van der Waals surface area contributed by atoms with Crippen molar-refractivity contribution < 1.29 is 4.74 Å². The summed E-state index contributed by atoms with van der Waals surface area (Å²) in [5.74, 6) is 1.59. The third-order valence-electron chi connectivity index (χ3n) is 5.42. The Balaban J connectivity index is 1.58. The van der Waals surface area contributed by atoms with Crippen LogP contribution in [0.1, 0.15) is 25.3 Å². The minimum atomic E-state index is -0.0759. The van der Waals surface area contributed by atoms with Gasteiger partial charge in [-0.3, -0.25) is 4.98 Å². The predicted octanol–water partition coefficient (Wildman–Crippen LogP) is 4.16. The van der Waals surface area contributed by atoms with Crippen LogP contribution < -0.4 is 10.1 Å². The minimum Gasteiger partial charge on any atom is -0.485 e. The molecule has 1 atom stereocenters. The van der Waals surface area contributed by atoms with Gasteiger partial charge in [-0.05, 0) is 57.3 Å². The normalized spacial score (nSPS) is 23.8. The highest BCUT2D eigenvalue weighted by Crippen LogP contribution is 2.42. The molecule has 4 rings (SSSR count). The first-order chi connectivity index (χ1) is 11.7. The van der Waals surface area contributed by atoms with Crippen molar-refractivity contribution in [2.24, 2.45) is 5.92 Å². The van der Waals surface area contributed by atoms with E-state index in [4.69, 9.17) is 4.74 Å². The molecule has 0 spiro atoms. The van der Waals surface area contributed by atoms with Crippen LogP contribution in [-0.4, -0.2) is 29.9 Å². The Bertz CT molecular complexity index is 725. The van der Waals surface area contributed by atoms with Gasteiger partial charge in [0.2, 0.25) is 0 Å². The maximum absolute atomic E-state index is 6.37. The van der Waals surface area contributed by atoms with Crippen molar-refractivity contribution in [2.45, 2.75) is 36.7 Å². The number of benzene rings is 1. The van der Waals surface area contributed by atoms with Gasteiger partial charge in [0, 0.05) is 28.4 Å². The summed E-state index contributed by atoms with van der Waals surface area (Å²) in [5.41, 5.74) is 3.44. The highest BCUT2D eigenvalue weighted by atomic mass is 32.2. The molecule has 4 heteroatoms. The molecule has 1 aromatic carbocycles. The van der Waals surface area contributed by atoms with Crippen molar-refractivity contribution >= 4 is 11.8 Å². The number of hydrogen-bond donors (Lipinski definition) is 1. The number of rotatable bonds is 3. The number of pyridine rings is 1. The molecule has 3 heterocycles. The van der Waals surface area contributed by atoms with Gasteiger partial charge in [-0.1, -0.05) is 12.1 Å². The largest absolute Gasteiger partial charge is 0.485 e. The van der Waals surface area contributed by atoms with Crippen LogP contribution in [0.5, 0.6) is 5.75 Å². The number of thioether (sulfide) groups is 1. The van der Waals surface area contributed by atoms with Gasteiger partial charge in [0.05, 0.1) is 11.9 Å². The fraction of sp³-hybridized carbons (Fsp3) is 0.450. The number of nitrogens with zero attached hydrogens (tertiary/aromatic N) is 1. The van der Waals surface area contributed by atoms with Crippen molar-refractivity contribution in [3.05, 3.63) is 42.1 Å². The topological polar surface area (TPSA) is 34.1 Å². The van der Waals surface area contributed by atoms with Crippen LogP contribution in [0.3, 0.4) is 0 Å². The Morgan fingerprint density at radius 1 is 1.21 bits per heavy atom. The molecule has 0 amide bonds. The summed E-state index contributed by atoms with van der Waals surface area (Å²) in [4.78, 5) is 5.92. The van der Waals surface area contributed by atoms with E-state index in [1.165, 1.54) is 28.9 Å². The maximum Gasteiger partial charge on any atom is 0.141 e. The molecule has 1 saturated heterocycles. The van der Waals surface area contributed by atoms with Gasteiger partial charge >= 0.3 is 0 Å². The zero-order valence-electron chi connectivity index (χ0n) is 14.3. The molecule has 24 heavy (non-hydrogen) atoms. The van der Waals surface area contributed by atoms with E-state index >= 15 is 0 Å². The Labute approximate surface area is 148 Å². The summed E-state index contributed by atoms with van der Waals surface area (Å²) in [6.07, 6.45) is 7.40. The second-order valence-electron chi connectivity index (χ2n) is 7.02. The molecular formula is C20H24N2OS. The standard InChI is InChI=1S/C20H24N2OS/c1-20(16-7-9-21-10-8-16)12-15-11-18(22-13-19(15)23-20)14-3-5-17(24-2)6-4-14/h3-6,11,13,16,21H,7-10,12H2,1-2H3. The second-order valence-corrected chi connectivity index (χ2v) is 7.90. The first kappa shape index (κ1) is 16.0. The lowest BCUT2D eigenvalue weighted by Crippen LogP contribution is -2.44. The van der Waals surface area contributed by atoms with Gasteiger partial charge in [0.1, 0.15) is 11.4 Å². The van der Waals surface area contributed by atoms with E-state index in [1.54, 1.807) is 11.8 Å². The van der Waals surface area contributed by atoms with Crippen LogP contribution in [0.25, 0.3) is 11.3 Å². The third kappa shape index (κ3) is 2.93. The van der Waals surface area contributed by atoms with E-state index < -0.39 is 0 Å². The number of fused-ring (bicyclic) bond motifs is 1. The number of hydrogen-bond acceptors (Lipinski definition) is 4. The molecular weight excluding hydrogens is 316 g/mol. The maximum atomic E-state index is 6.37. The molecule has 2 aromatic rings. The highest BCUT2D eigenvalue weighted by molar-refractivity contribution is 7.98. The Morgan fingerprint density at radius 2 is 1.96 bits per heavy atom. The van der Waals surface area contributed by atoms with Crippen molar-refractivity contribution in [1.82, 2.24) is 10.3 Å². The molecule has 2 aliphatic heterocycles. The smallest absolute Gasteiger partial charge is 0.141 e. The van der Waals surface area contributed by atoms with E-state index in [2.05, 4.69) is 53.8 Å². The molecule has 0 radical (unpaired) electrons. The zero-order chi connectivity index (χ0) is 16.6. The monoisotopic (exact) mass is 340 g/mol. The van der Waals surface area contributed by atoms with E-state index in [1.807, 2.05) is 6.20 Å². The van der Waals surface area contributed by atoms with E-state index in [9.17, 15) is 0 Å². The van der Waals surface area contributed by atoms with Crippen LogP contribution in [0.4, 0.5) is 0 Å². The SMILES string of the molecule is CSc1ccc(-c2cc3c(cn2)OC(C)(C2CCNCC2)C3)cc1. The van der Waals surface area contributed by atoms with E-state index in [0.717, 1.165) is 31.0 Å². The van der Waals surface area contributed by atoms with Crippen LogP contribution in [-0.2, 0) is 6.42 Å². The Morgan fingerprint density at radius 3 is 2.67 bits per heavy atom. The van der Waals surface area contributed by atoms with Gasteiger partial charge in [-0.2, -0.15) is 0 Å². The van der Waals surface area contributed by atoms with Gasteiger partial charge in [-0.25, -0.2) is 0 Å². The molecule has 1 aromatic heterocycles. The van der Waals surface area contributed by atoms with Crippen molar-refractivity contribution in [3.8, 4) is 17.0 Å². The minimum absolute atomic E-state index is 0.0759. The fourth-order valence-corrected chi connectivity index (χ4v) is 4.37. The Kier molecular flexibility index (Phi) is 4.27. The van der Waals surface area contributed by atoms with Crippen molar-refractivity contribution in [1.29, 1.82) is 0 Å². The van der Waals surface area contributed by atoms with Crippen LogP contribution in [0.2, 0.25) is 0 Å². The summed E-state index contributed by atoms with van der Waals surface area (Å²) >= 11 is 1.76.